The van der Waals surface area contributed by atoms with Gasteiger partial charge in [-0.2, -0.15) is 5.26 Å². The summed E-state index contributed by atoms with van der Waals surface area (Å²) in [6, 6.07) is 8.37. The van der Waals surface area contributed by atoms with E-state index < -0.39 is 0 Å². The predicted octanol–water partition coefficient (Wildman–Crippen LogP) is 3.13. The molecule has 0 aliphatic carbocycles. The van der Waals surface area contributed by atoms with Gasteiger partial charge >= 0.3 is 0 Å². The summed E-state index contributed by atoms with van der Waals surface area (Å²) in [6.45, 7) is 1.80. The molecule has 1 heterocycles. The van der Waals surface area contributed by atoms with Crippen LogP contribution in [0.25, 0.3) is 11.3 Å². The van der Waals surface area contributed by atoms with Crippen LogP contribution in [-0.2, 0) is 0 Å². The molecule has 0 unspecified atom stereocenters. The van der Waals surface area contributed by atoms with E-state index >= 15 is 0 Å². The Bertz CT molecular complexity index is 540. The molecule has 4 heteroatoms. The zero-order chi connectivity index (χ0) is 10.8. The molecule has 0 bridgehead atoms. The van der Waals surface area contributed by atoms with E-state index in [0.29, 0.717) is 16.1 Å². The van der Waals surface area contributed by atoms with E-state index in [4.69, 9.17) is 5.26 Å². The van der Waals surface area contributed by atoms with Crippen LogP contribution in [0.5, 0.6) is 0 Å². The molecule has 2 aromatic rings. The highest BCUT2D eigenvalue weighted by atomic mass is 32.1. The molecule has 74 valence electrons. The average Bonchev–Trinajstić information content (AvgIpc) is 2.60. The summed E-state index contributed by atoms with van der Waals surface area (Å²) in [7, 11) is 0. The number of nitriles is 1. The van der Waals surface area contributed by atoms with Gasteiger partial charge in [0.05, 0.1) is 5.01 Å². The highest BCUT2D eigenvalue weighted by molar-refractivity contribution is 7.12. The molecule has 0 aliphatic rings. The van der Waals surface area contributed by atoms with Crippen molar-refractivity contribution in [1.29, 1.82) is 5.26 Å². The second-order valence-corrected chi connectivity index (χ2v) is 4.21. The van der Waals surface area contributed by atoms with Gasteiger partial charge in [0, 0.05) is 5.56 Å². The molecule has 2 nitrogen and oxygen atoms in total. The van der Waals surface area contributed by atoms with E-state index in [1.54, 1.807) is 25.1 Å². The fourth-order valence-corrected chi connectivity index (χ4v) is 2.07. The average molecular weight is 218 g/mol. The zero-order valence-electron chi connectivity index (χ0n) is 7.99. The lowest BCUT2D eigenvalue weighted by Gasteiger charge is -1.98. The van der Waals surface area contributed by atoms with Crippen LogP contribution in [0.15, 0.2) is 24.3 Å². The van der Waals surface area contributed by atoms with E-state index in [1.165, 1.54) is 17.4 Å². The summed E-state index contributed by atoms with van der Waals surface area (Å²) in [4.78, 5) is 4.62. The Morgan fingerprint density at radius 1 is 1.40 bits per heavy atom. The number of benzene rings is 1. The minimum Gasteiger partial charge on any atom is -0.240 e. The molecule has 0 radical (unpaired) electrons. The lowest BCUT2D eigenvalue weighted by Crippen LogP contribution is -1.86. The second kappa shape index (κ2) is 3.79. The van der Waals surface area contributed by atoms with Crippen LogP contribution >= 0.6 is 11.3 Å². The van der Waals surface area contributed by atoms with Crippen LogP contribution in [0.4, 0.5) is 4.39 Å². The molecular weight excluding hydrogens is 211 g/mol. The van der Waals surface area contributed by atoms with E-state index in [-0.39, 0.29) is 5.82 Å². The van der Waals surface area contributed by atoms with Crippen molar-refractivity contribution >= 4 is 11.3 Å². The normalized spacial score (nSPS) is 9.93. The van der Waals surface area contributed by atoms with E-state index in [1.807, 2.05) is 6.07 Å². The van der Waals surface area contributed by atoms with Crippen LogP contribution < -0.4 is 0 Å². The van der Waals surface area contributed by atoms with Crippen molar-refractivity contribution in [3.05, 3.63) is 40.0 Å². The van der Waals surface area contributed by atoms with E-state index in [0.717, 1.165) is 5.01 Å². The van der Waals surface area contributed by atoms with Gasteiger partial charge in [-0.05, 0) is 19.1 Å². The number of hydrogen-bond donors (Lipinski definition) is 0. The quantitative estimate of drug-likeness (QED) is 0.737. The van der Waals surface area contributed by atoms with Gasteiger partial charge in [-0.15, -0.1) is 11.3 Å². The van der Waals surface area contributed by atoms with Gasteiger partial charge in [-0.25, -0.2) is 9.37 Å². The van der Waals surface area contributed by atoms with Crippen LogP contribution in [0.3, 0.4) is 0 Å². The third kappa shape index (κ3) is 1.74. The lowest BCUT2D eigenvalue weighted by atomic mass is 10.1. The molecule has 0 spiro atoms. The Labute approximate surface area is 90.6 Å². The molecule has 0 atom stereocenters. The maximum absolute atomic E-state index is 13.5. The maximum atomic E-state index is 13.5. The van der Waals surface area contributed by atoms with Crippen molar-refractivity contribution in [3.8, 4) is 17.3 Å². The molecule has 2 rings (SSSR count). The molecule has 1 aromatic heterocycles. The summed E-state index contributed by atoms with van der Waals surface area (Å²) in [5.74, 6) is -0.348. The van der Waals surface area contributed by atoms with Crippen molar-refractivity contribution in [2.45, 2.75) is 6.92 Å². The minimum absolute atomic E-state index is 0.348. The molecule has 0 aliphatic heterocycles. The van der Waals surface area contributed by atoms with E-state index in [2.05, 4.69) is 4.98 Å². The number of aryl methyl sites for hydroxylation is 1. The molecule has 0 saturated carbocycles. The van der Waals surface area contributed by atoms with Gasteiger partial charge in [0.15, 0.2) is 0 Å². The number of aromatic nitrogens is 1. The Balaban J connectivity index is 2.65. The van der Waals surface area contributed by atoms with Gasteiger partial charge in [0.2, 0.25) is 0 Å². The number of nitrogens with zero attached hydrogens (tertiary/aromatic N) is 2. The first-order valence-corrected chi connectivity index (χ1v) is 5.16. The number of rotatable bonds is 1. The van der Waals surface area contributed by atoms with Crippen LogP contribution in [0.1, 0.15) is 9.88 Å². The summed E-state index contributed by atoms with van der Waals surface area (Å²) < 4.78 is 13.5. The van der Waals surface area contributed by atoms with Crippen molar-refractivity contribution < 1.29 is 4.39 Å². The van der Waals surface area contributed by atoms with Gasteiger partial charge in [0.1, 0.15) is 22.5 Å². The second-order valence-electron chi connectivity index (χ2n) is 3.00. The molecule has 0 saturated heterocycles. The van der Waals surface area contributed by atoms with E-state index in [9.17, 15) is 4.39 Å². The van der Waals surface area contributed by atoms with Gasteiger partial charge in [-0.3, -0.25) is 0 Å². The number of halogens is 1. The largest absolute Gasteiger partial charge is 0.240 e. The fourth-order valence-electron chi connectivity index (χ4n) is 1.34. The summed E-state index contributed by atoms with van der Waals surface area (Å²) in [5.41, 5.74) is 0.830. The third-order valence-corrected chi connectivity index (χ3v) is 2.84. The van der Waals surface area contributed by atoms with Crippen molar-refractivity contribution in [3.63, 3.8) is 0 Å². The first-order valence-electron chi connectivity index (χ1n) is 4.35. The van der Waals surface area contributed by atoms with Crippen molar-refractivity contribution in [2.75, 3.05) is 0 Å². The Morgan fingerprint density at radius 3 is 2.80 bits per heavy atom. The monoisotopic (exact) mass is 218 g/mol. The number of thiazole rings is 1. The smallest absolute Gasteiger partial charge is 0.132 e. The highest BCUT2D eigenvalue weighted by Crippen LogP contribution is 2.28. The van der Waals surface area contributed by atoms with Gasteiger partial charge in [-0.1, -0.05) is 12.1 Å². The zero-order valence-corrected chi connectivity index (χ0v) is 8.81. The summed E-state index contributed by atoms with van der Waals surface area (Å²) in [5, 5.41) is 9.65. The highest BCUT2D eigenvalue weighted by Gasteiger charge is 2.13. The molecule has 0 N–H and O–H groups in total. The molecule has 15 heavy (non-hydrogen) atoms. The Kier molecular flexibility index (Phi) is 2.48. The Morgan fingerprint density at radius 2 is 2.13 bits per heavy atom. The summed E-state index contributed by atoms with van der Waals surface area (Å²) in [6.07, 6.45) is 0. The number of hydrogen-bond acceptors (Lipinski definition) is 3. The van der Waals surface area contributed by atoms with Gasteiger partial charge < -0.3 is 0 Å². The third-order valence-electron chi connectivity index (χ3n) is 1.96. The first-order chi connectivity index (χ1) is 7.22. The van der Waals surface area contributed by atoms with Crippen LogP contribution in [-0.4, -0.2) is 4.98 Å². The lowest BCUT2D eigenvalue weighted by molar-refractivity contribution is 0.631. The van der Waals surface area contributed by atoms with Crippen molar-refractivity contribution in [1.82, 2.24) is 4.98 Å². The van der Waals surface area contributed by atoms with Gasteiger partial charge in [0.25, 0.3) is 0 Å². The minimum atomic E-state index is -0.348. The van der Waals surface area contributed by atoms with Crippen molar-refractivity contribution in [2.24, 2.45) is 0 Å². The summed E-state index contributed by atoms with van der Waals surface area (Å²) >= 11 is 1.28. The predicted molar refractivity (Wildman–Crippen MR) is 57.0 cm³/mol. The standard InChI is InChI=1S/C11H7FN2S/c1-7-14-11(10(6-13)15-7)8-4-2-3-5-9(8)12/h2-5H,1H3. The Hall–Kier alpha value is -1.73. The maximum Gasteiger partial charge on any atom is 0.132 e. The molecule has 0 amide bonds. The topological polar surface area (TPSA) is 36.7 Å². The van der Waals surface area contributed by atoms with Crippen LogP contribution in [0, 0.1) is 24.1 Å². The first kappa shape index (κ1) is 9.81. The molecule has 1 aromatic carbocycles. The fraction of sp³-hybridized carbons (Fsp3) is 0.0909. The molecular formula is C11H7FN2S. The SMILES string of the molecule is Cc1nc(-c2ccccc2F)c(C#N)s1. The van der Waals surface area contributed by atoms with Crippen LogP contribution in [0.2, 0.25) is 0 Å². The molecule has 0 fully saturated rings.